The zero-order valence-electron chi connectivity index (χ0n) is 18.9. The topological polar surface area (TPSA) is 60.0 Å². The highest BCUT2D eigenvalue weighted by molar-refractivity contribution is 6.62. The maximum Gasteiger partial charge on any atom is 0.494 e. The molecule has 1 aromatic carbocycles. The first-order valence-corrected chi connectivity index (χ1v) is 10.5. The molecule has 0 aromatic heterocycles. The average molecular weight is 402 g/mol. The molecule has 160 valence electrons. The molecule has 0 aliphatic carbocycles. The predicted molar refractivity (Wildman–Crippen MR) is 117 cm³/mol. The van der Waals surface area contributed by atoms with Crippen LogP contribution >= 0.6 is 0 Å². The van der Waals surface area contributed by atoms with Gasteiger partial charge in [0, 0.05) is 25.3 Å². The Balaban J connectivity index is 1.58. The number of nitrogens with zero attached hydrogens (tertiary/aromatic N) is 1. The summed E-state index contributed by atoms with van der Waals surface area (Å²) in [6.07, 6.45) is 0.690. The zero-order chi connectivity index (χ0) is 21.4. The lowest BCUT2D eigenvalue weighted by atomic mass is 9.79. The molecule has 3 rings (SSSR count). The number of anilines is 1. The van der Waals surface area contributed by atoms with E-state index in [0.29, 0.717) is 12.5 Å². The molecule has 2 aliphatic heterocycles. The van der Waals surface area contributed by atoms with Gasteiger partial charge in [-0.25, -0.2) is 4.79 Å². The number of hydrogen-bond donors (Lipinski definition) is 1. The number of carbonyl (C=O) groups excluding carboxylic acids is 1. The highest BCUT2D eigenvalue weighted by Crippen LogP contribution is 2.36. The molecule has 2 saturated heterocycles. The molecular formula is C22H35BN2O4. The van der Waals surface area contributed by atoms with Crippen LogP contribution in [0.15, 0.2) is 24.3 Å². The van der Waals surface area contributed by atoms with Crippen LogP contribution in [-0.2, 0) is 14.0 Å². The van der Waals surface area contributed by atoms with Gasteiger partial charge in [-0.15, -0.1) is 0 Å². The Kier molecular flexibility index (Phi) is 5.94. The Hall–Kier alpha value is -1.73. The third kappa shape index (κ3) is 5.26. The van der Waals surface area contributed by atoms with Crippen LogP contribution in [-0.4, -0.2) is 49.6 Å². The van der Waals surface area contributed by atoms with Gasteiger partial charge in [0.05, 0.1) is 11.2 Å². The van der Waals surface area contributed by atoms with Gasteiger partial charge in [-0.2, -0.15) is 0 Å². The van der Waals surface area contributed by atoms with E-state index < -0.39 is 5.60 Å². The van der Waals surface area contributed by atoms with Crippen molar-refractivity contribution in [3.63, 3.8) is 0 Å². The second-order valence-electron chi connectivity index (χ2n) is 10.2. The maximum atomic E-state index is 11.9. The van der Waals surface area contributed by atoms with Gasteiger partial charge in [0.25, 0.3) is 0 Å². The van der Waals surface area contributed by atoms with Crippen molar-refractivity contribution in [3.8, 4) is 0 Å². The quantitative estimate of drug-likeness (QED) is 0.783. The van der Waals surface area contributed by atoms with Gasteiger partial charge in [-0.1, -0.05) is 12.1 Å². The lowest BCUT2D eigenvalue weighted by Crippen LogP contribution is -2.41. The molecule has 6 nitrogen and oxygen atoms in total. The van der Waals surface area contributed by atoms with Gasteiger partial charge in [-0.05, 0) is 78.4 Å². The second kappa shape index (κ2) is 7.84. The van der Waals surface area contributed by atoms with Crippen LogP contribution in [0.3, 0.4) is 0 Å². The summed E-state index contributed by atoms with van der Waals surface area (Å²) in [5, 5.41) is 2.90. The summed E-state index contributed by atoms with van der Waals surface area (Å²) in [6.45, 7) is 16.4. The molecule has 1 amide bonds. The molecule has 2 aliphatic rings. The monoisotopic (exact) mass is 402 g/mol. The largest absolute Gasteiger partial charge is 0.494 e. The average Bonchev–Trinajstić information content (AvgIpc) is 3.14. The predicted octanol–water partition coefficient (Wildman–Crippen LogP) is 3.34. The van der Waals surface area contributed by atoms with Crippen molar-refractivity contribution in [2.24, 2.45) is 5.92 Å². The number of nitrogens with one attached hydrogen (secondary N) is 1. The summed E-state index contributed by atoms with van der Waals surface area (Å²) in [5.41, 5.74) is 1.03. The molecule has 1 aromatic rings. The van der Waals surface area contributed by atoms with Crippen molar-refractivity contribution in [2.75, 3.05) is 24.5 Å². The first-order chi connectivity index (χ1) is 13.4. The number of amides is 1. The molecule has 0 spiro atoms. The van der Waals surface area contributed by atoms with E-state index in [1.807, 2.05) is 20.8 Å². The first-order valence-electron chi connectivity index (χ1n) is 10.5. The van der Waals surface area contributed by atoms with Crippen molar-refractivity contribution in [1.82, 2.24) is 5.32 Å². The highest BCUT2D eigenvalue weighted by Gasteiger charge is 2.51. The molecular weight excluding hydrogens is 367 g/mol. The van der Waals surface area contributed by atoms with Crippen LogP contribution in [0.2, 0.25) is 0 Å². The standard InChI is InChI=1S/C22H35BN2O4/c1-20(2,3)27-19(26)24-14-16-11-12-25(15-16)18-10-8-9-17(13-18)23-28-21(4,5)22(6,7)29-23/h8-10,13,16H,11-12,14-15H2,1-7H3,(H,24,26). The van der Waals surface area contributed by atoms with Crippen molar-refractivity contribution >= 4 is 24.4 Å². The minimum atomic E-state index is -0.472. The summed E-state index contributed by atoms with van der Waals surface area (Å²) in [7, 11) is -0.354. The summed E-state index contributed by atoms with van der Waals surface area (Å²) in [4.78, 5) is 14.2. The van der Waals surface area contributed by atoms with Gasteiger partial charge >= 0.3 is 13.2 Å². The molecule has 1 N–H and O–H groups in total. The van der Waals surface area contributed by atoms with Crippen LogP contribution in [0.5, 0.6) is 0 Å². The molecule has 2 heterocycles. The maximum absolute atomic E-state index is 11.9. The number of benzene rings is 1. The molecule has 0 saturated carbocycles. The zero-order valence-corrected chi connectivity index (χ0v) is 18.9. The van der Waals surface area contributed by atoms with Gasteiger partial charge in [0.1, 0.15) is 5.60 Å². The van der Waals surface area contributed by atoms with Gasteiger partial charge in [0.15, 0.2) is 0 Å². The summed E-state index contributed by atoms with van der Waals surface area (Å²) in [5.74, 6) is 0.406. The van der Waals surface area contributed by atoms with Gasteiger partial charge in [-0.3, -0.25) is 0 Å². The Morgan fingerprint density at radius 1 is 1.24 bits per heavy atom. The lowest BCUT2D eigenvalue weighted by Gasteiger charge is -2.32. The fraction of sp³-hybridized carbons (Fsp3) is 0.682. The third-order valence-electron chi connectivity index (χ3n) is 5.98. The van der Waals surface area contributed by atoms with E-state index in [-0.39, 0.29) is 24.4 Å². The van der Waals surface area contributed by atoms with E-state index in [1.165, 1.54) is 0 Å². The smallest absolute Gasteiger partial charge is 0.444 e. The van der Waals surface area contributed by atoms with E-state index in [0.717, 1.165) is 30.7 Å². The molecule has 0 bridgehead atoms. The highest BCUT2D eigenvalue weighted by atomic mass is 16.7. The van der Waals surface area contributed by atoms with Gasteiger partial charge < -0.3 is 24.3 Å². The fourth-order valence-corrected chi connectivity index (χ4v) is 3.62. The van der Waals surface area contributed by atoms with Crippen LogP contribution in [0.4, 0.5) is 10.5 Å². The lowest BCUT2D eigenvalue weighted by molar-refractivity contribution is 0.00578. The van der Waals surface area contributed by atoms with Crippen molar-refractivity contribution in [2.45, 2.75) is 71.7 Å². The summed E-state index contributed by atoms with van der Waals surface area (Å²) < 4.78 is 17.7. The Morgan fingerprint density at radius 2 is 1.90 bits per heavy atom. The molecule has 7 heteroatoms. The van der Waals surface area contributed by atoms with E-state index in [2.05, 4.69) is 62.2 Å². The minimum absolute atomic E-state index is 0.347. The van der Waals surface area contributed by atoms with E-state index in [1.54, 1.807) is 0 Å². The number of alkyl carbamates (subject to hydrolysis) is 1. The Labute approximate surface area is 175 Å². The van der Waals surface area contributed by atoms with Crippen LogP contribution < -0.4 is 15.7 Å². The molecule has 29 heavy (non-hydrogen) atoms. The normalized spacial score (nSPS) is 23.3. The van der Waals surface area contributed by atoms with E-state index in [4.69, 9.17) is 14.0 Å². The number of carbonyl (C=O) groups is 1. The number of hydrogen-bond acceptors (Lipinski definition) is 5. The number of ether oxygens (including phenoxy) is 1. The van der Waals surface area contributed by atoms with Crippen molar-refractivity contribution in [3.05, 3.63) is 24.3 Å². The Bertz CT molecular complexity index is 729. The van der Waals surface area contributed by atoms with E-state index in [9.17, 15) is 4.79 Å². The number of rotatable bonds is 4. The fourth-order valence-electron chi connectivity index (χ4n) is 3.62. The van der Waals surface area contributed by atoms with Crippen LogP contribution in [0.1, 0.15) is 54.9 Å². The van der Waals surface area contributed by atoms with Gasteiger partial charge in [0.2, 0.25) is 0 Å². The molecule has 0 radical (unpaired) electrons. The first kappa shape index (κ1) is 22.0. The molecule has 1 atom stereocenters. The Morgan fingerprint density at radius 3 is 2.52 bits per heavy atom. The van der Waals surface area contributed by atoms with E-state index >= 15 is 0 Å². The summed E-state index contributed by atoms with van der Waals surface area (Å²) in [6, 6.07) is 8.40. The SMILES string of the molecule is CC(C)(C)OC(=O)NCC1CCN(c2cccc(B3OC(C)(C)C(C)(C)O3)c2)C1. The van der Waals surface area contributed by atoms with Crippen molar-refractivity contribution < 1.29 is 18.8 Å². The second-order valence-corrected chi connectivity index (χ2v) is 10.2. The third-order valence-corrected chi connectivity index (χ3v) is 5.98. The molecule has 1 unspecified atom stereocenters. The molecule has 2 fully saturated rings. The van der Waals surface area contributed by atoms with Crippen LogP contribution in [0, 0.1) is 5.92 Å². The van der Waals surface area contributed by atoms with Crippen LogP contribution in [0.25, 0.3) is 0 Å². The van der Waals surface area contributed by atoms with Crippen molar-refractivity contribution in [1.29, 1.82) is 0 Å². The minimum Gasteiger partial charge on any atom is -0.444 e. The summed E-state index contributed by atoms with van der Waals surface area (Å²) >= 11 is 0.